The Kier molecular flexibility index (Phi) is 4.71. The summed E-state index contributed by atoms with van der Waals surface area (Å²) in [5.74, 6) is -0.0499. The zero-order chi connectivity index (χ0) is 24.3. The molecule has 0 atom stereocenters. The molecule has 34 heavy (non-hydrogen) atoms. The predicted octanol–water partition coefficient (Wildman–Crippen LogP) is 5.34. The molecule has 12 heteroatoms. The van der Waals surface area contributed by atoms with E-state index in [-0.39, 0.29) is 33.5 Å². The van der Waals surface area contributed by atoms with E-state index in [0.717, 1.165) is 30.6 Å². The summed E-state index contributed by atoms with van der Waals surface area (Å²) in [6.45, 7) is 0. The van der Waals surface area contributed by atoms with Crippen molar-refractivity contribution in [3.05, 3.63) is 82.5 Å². The zero-order valence-electron chi connectivity index (χ0n) is 16.7. The Balaban J connectivity index is 1.62. The molecule has 0 bridgehead atoms. The van der Waals surface area contributed by atoms with Crippen LogP contribution in [-0.4, -0.2) is 24.6 Å². The second-order valence-electron chi connectivity index (χ2n) is 7.35. The van der Waals surface area contributed by atoms with Crippen LogP contribution in [0.15, 0.2) is 65.7 Å². The van der Waals surface area contributed by atoms with Gasteiger partial charge in [0.1, 0.15) is 11.5 Å². The first kappa shape index (κ1) is 21.6. The van der Waals surface area contributed by atoms with E-state index in [1.54, 1.807) is 0 Å². The third-order valence-corrected chi connectivity index (χ3v) is 5.18. The molecular weight excluding hydrogens is 464 g/mol. The largest absolute Gasteiger partial charge is 0.433 e. The van der Waals surface area contributed by atoms with Crippen LogP contribution in [0.4, 0.5) is 26.3 Å². The van der Waals surface area contributed by atoms with Gasteiger partial charge in [0.05, 0.1) is 28.2 Å². The first-order chi connectivity index (χ1) is 16.0. The van der Waals surface area contributed by atoms with Crippen molar-refractivity contribution in [1.29, 1.82) is 0 Å². The number of alkyl halides is 6. The highest BCUT2D eigenvalue weighted by Crippen LogP contribution is 2.33. The van der Waals surface area contributed by atoms with Gasteiger partial charge in [-0.1, -0.05) is 18.2 Å². The molecule has 0 fully saturated rings. The second-order valence-corrected chi connectivity index (χ2v) is 7.35. The summed E-state index contributed by atoms with van der Waals surface area (Å²) < 4.78 is 79.5. The van der Waals surface area contributed by atoms with E-state index in [1.165, 1.54) is 30.3 Å². The average Bonchev–Trinajstić information content (AvgIpc) is 3.22. The molecule has 0 saturated heterocycles. The van der Waals surface area contributed by atoms with Crippen LogP contribution in [0.3, 0.4) is 0 Å². The third kappa shape index (κ3) is 3.66. The predicted molar refractivity (Wildman–Crippen MR) is 110 cm³/mol. The van der Waals surface area contributed by atoms with Crippen molar-refractivity contribution in [3.63, 3.8) is 0 Å². The lowest BCUT2D eigenvalue weighted by molar-refractivity contribution is -0.142. The molecule has 5 aromatic rings. The van der Waals surface area contributed by atoms with Gasteiger partial charge in [-0.15, -0.1) is 0 Å². The third-order valence-electron chi connectivity index (χ3n) is 5.18. The van der Waals surface area contributed by atoms with Gasteiger partial charge in [0.15, 0.2) is 5.65 Å². The Morgan fingerprint density at radius 3 is 2.38 bits per heavy atom. The maximum atomic E-state index is 13.2. The number of nitrogens with one attached hydrogen (secondary N) is 1. The summed E-state index contributed by atoms with van der Waals surface area (Å²) in [6, 6.07) is 9.79. The smallest absolute Gasteiger partial charge is 0.306 e. The van der Waals surface area contributed by atoms with Gasteiger partial charge in [-0.3, -0.25) is 4.79 Å². The molecular formula is C22H11F6N5O. The summed E-state index contributed by atoms with van der Waals surface area (Å²) in [6.07, 6.45) is -7.10. The van der Waals surface area contributed by atoms with E-state index in [2.05, 4.69) is 20.1 Å². The Hall–Kier alpha value is -4.22. The molecule has 0 unspecified atom stereocenters. The van der Waals surface area contributed by atoms with Crippen LogP contribution in [-0.2, 0) is 12.4 Å². The molecule has 6 nitrogen and oxygen atoms in total. The lowest BCUT2D eigenvalue weighted by atomic mass is 10.0. The standard InChI is InChI=1S/C22H11F6N5O/c23-21(24,25)13-3-1-2-11(8-13)12-4-5-16-14(9-12)20(34)32-18(31-16)15-10-30-33-17(22(26,27)28)6-7-29-19(15)33/h1-10H,(H,31,32,34). The molecule has 5 rings (SSSR count). The quantitative estimate of drug-likeness (QED) is 0.350. The zero-order valence-corrected chi connectivity index (χ0v) is 16.7. The molecule has 0 aliphatic rings. The fourth-order valence-electron chi connectivity index (χ4n) is 3.59. The molecule has 0 aliphatic heterocycles. The monoisotopic (exact) mass is 475 g/mol. The number of nitrogens with zero attached hydrogens (tertiary/aromatic N) is 4. The highest BCUT2D eigenvalue weighted by Gasteiger charge is 2.35. The summed E-state index contributed by atoms with van der Waals surface area (Å²) >= 11 is 0. The van der Waals surface area contributed by atoms with E-state index >= 15 is 0 Å². The van der Waals surface area contributed by atoms with Crippen LogP contribution in [0.5, 0.6) is 0 Å². The molecule has 0 aliphatic carbocycles. The number of hydrogen-bond acceptors (Lipinski definition) is 4. The van der Waals surface area contributed by atoms with Gasteiger partial charge in [0, 0.05) is 6.20 Å². The van der Waals surface area contributed by atoms with Gasteiger partial charge in [0.25, 0.3) is 5.56 Å². The van der Waals surface area contributed by atoms with Crippen LogP contribution >= 0.6 is 0 Å². The normalized spacial score (nSPS) is 12.5. The van der Waals surface area contributed by atoms with Gasteiger partial charge in [-0.25, -0.2) is 14.5 Å². The van der Waals surface area contributed by atoms with Crippen molar-refractivity contribution in [2.45, 2.75) is 12.4 Å². The second kappa shape index (κ2) is 7.40. The van der Waals surface area contributed by atoms with Crippen LogP contribution < -0.4 is 5.56 Å². The van der Waals surface area contributed by atoms with Crippen LogP contribution in [0.2, 0.25) is 0 Å². The number of benzene rings is 2. The van der Waals surface area contributed by atoms with Crippen molar-refractivity contribution in [3.8, 4) is 22.5 Å². The van der Waals surface area contributed by atoms with E-state index in [1.807, 2.05) is 0 Å². The maximum absolute atomic E-state index is 13.2. The van der Waals surface area contributed by atoms with Gasteiger partial charge >= 0.3 is 12.4 Å². The molecule has 0 amide bonds. The van der Waals surface area contributed by atoms with Crippen LogP contribution in [0.1, 0.15) is 11.3 Å². The van der Waals surface area contributed by atoms with E-state index in [4.69, 9.17) is 0 Å². The number of hydrogen-bond donors (Lipinski definition) is 1. The molecule has 1 N–H and O–H groups in total. The highest BCUT2D eigenvalue weighted by atomic mass is 19.4. The molecule has 0 saturated carbocycles. The number of fused-ring (bicyclic) bond motifs is 2. The Bertz CT molecular complexity index is 1620. The topological polar surface area (TPSA) is 75.9 Å². The van der Waals surface area contributed by atoms with Gasteiger partial charge in [0.2, 0.25) is 0 Å². The molecule has 0 radical (unpaired) electrons. The first-order valence-electron chi connectivity index (χ1n) is 9.64. The summed E-state index contributed by atoms with van der Waals surface area (Å²) in [5, 5.41) is 3.83. The minimum Gasteiger partial charge on any atom is -0.306 e. The van der Waals surface area contributed by atoms with Crippen molar-refractivity contribution in [1.82, 2.24) is 24.6 Å². The number of H-pyrrole nitrogens is 1. The van der Waals surface area contributed by atoms with Crippen LogP contribution in [0, 0.1) is 0 Å². The van der Waals surface area contributed by atoms with E-state index in [0.29, 0.717) is 10.1 Å². The number of aromatic amines is 1. The molecule has 0 spiro atoms. The Labute approximate surface area is 185 Å². The van der Waals surface area contributed by atoms with Crippen molar-refractivity contribution >= 4 is 16.6 Å². The maximum Gasteiger partial charge on any atom is 0.433 e. The summed E-state index contributed by atoms with van der Waals surface area (Å²) in [5.41, 5.74) is -1.76. The van der Waals surface area contributed by atoms with Crippen LogP contribution in [0.25, 0.3) is 39.1 Å². The van der Waals surface area contributed by atoms with Gasteiger partial charge in [-0.05, 0) is 41.5 Å². The van der Waals surface area contributed by atoms with Gasteiger partial charge < -0.3 is 4.98 Å². The Morgan fingerprint density at radius 1 is 0.882 bits per heavy atom. The number of halogens is 6. The number of rotatable bonds is 2. The summed E-state index contributed by atoms with van der Waals surface area (Å²) in [4.78, 5) is 23.5. The molecule has 3 aromatic heterocycles. The van der Waals surface area contributed by atoms with Gasteiger partial charge in [-0.2, -0.15) is 31.4 Å². The minimum atomic E-state index is -4.67. The van der Waals surface area contributed by atoms with Crippen molar-refractivity contribution in [2.75, 3.05) is 0 Å². The fourth-order valence-corrected chi connectivity index (χ4v) is 3.59. The lowest BCUT2D eigenvalue weighted by Gasteiger charge is -2.10. The summed E-state index contributed by atoms with van der Waals surface area (Å²) in [7, 11) is 0. The van der Waals surface area contributed by atoms with E-state index < -0.39 is 29.2 Å². The van der Waals surface area contributed by atoms with Crippen molar-refractivity contribution < 1.29 is 26.3 Å². The molecule has 2 aromatic carbocycles. The average molecular weight is 475 g/mol. The minimum absolute atomic E-state index is 0.0499. The fraction of sp³-hybridized carbons (Fsp3) is 0.0909. The molecule has 3 heterocycles. The van der Waals surface area contributed by atoms with E-state index in [9.17, 15) is 31.1 Å². The SMILES string of the molecule is O=c1[nH]c(-c2cnn3c(C(F)(F)F)ccnc23)nc2ccc(-c3cccc(C(F)(F)F)c3)cc12. The Morgan fingerprint density at radius 2 is 1.65 bits per heavy atom. The lowest BCUT2D eigenvalue weighted by Crippen LogP contribution is -2.13. The molecule has 172 valence electrons. The number of aromatic nitrogens is 5. The van der Waals surface area contributed by atoms with Crippen molar-refractivity contribution in [2.24, 2.45) is 0 Å². The highest BCUT2D eigenvalue weighted by molar-refractivity contribution is 5.86. The first-order valence-corrected chi connectivity index (χ1v) is 9.64.